The van der Waals surface area contributed by atoms with Gasteiger partial charge in [-0.1, -0.05) is 129 Å². The molecule has 2 saturated carbocycles. The molecule has 1 aromatic carbocycles. The monoisotopic (exact) mass is 828 g/mol. The number of hydrogen-bond acceptors (Lipinski definition) is 3. The fourth-order valence-electron chi connectivity index (χ4n) is 14.2. The Kier molecular flexibility index (Phi) is 10.9. The first kappa shape index (κ1) is 41.2. The lowest BCUT2D eigenvalue weighted by Crippen LogP contribution is -2.51. The smallest absolute Gasteiger partial charge is 0.200 e. The number of nitrogens with zero attached hydrogens (tertiary/aromatic N) is 2. The van der Waals surface area contributed by atoms with Crippen LogP contribution >= 0.6 is 0 Å². The van der Waals surface area contributed by atoms with Gasteiger partial charge in [0, 0.05) is 54.7 Å². The highest BCUT2D eigenvalue weighted by Crippen LogP contribution is 2.70. The number of allylic oxidation sites excluding steroid dienone is 10. The van der Waals surface area contributed by atoms with E-state index < -0.39 is 42.7 Å². The fourth-order valence-corrected chi connectivity index (χ4v) is 21.3. The van der Waals surface area contributed by atoms with Crippen molar-refractivity contribution < 1.29 is 26.7 Å². The Labute approximate surface area is 349 Å². The quantitative estimate of drug-likeness (QED) is 0.0727. The van der Waals surface area contributed by atoms with Crippen molar-refractivity contribution in [2.75, 3.05) is 13.7 Å². The minimum absolute atomic E-state index is 0.0522. The molecule has 1 aromatic rings. The maximum Gasteiger partial charge on any atom is 0.200 e. The van der Waals surface area contributed by atoms with Gasteiger partial charge in [0.2, 0.25) is 5.82 Å². The Balaban J connectivity index is 1.15. The zero-order chi connectivity index (χ0) is 41.5. The molecule has 9 rings (SSSR count). The van der Waals surface area contributed by atoms with Crippen molar-refractivity contribution in [2.45, 2.75) is 113 Å². The Hall–Kier alpha value is -3.11. The molecule has 15 unspecified atom stereocenters. The van der Waals surface area contributed by atoms with Gasteiger partial charge in [-0.2, -0.15) is 0 Å². The first-order valence-electron chi connectivity index (χ1n) is 22.3. The SMILES string of the molecule is CC1=CC2C3C(C4C=CC=CC4C3[Si](C)(CCCCCCOC(C)(C)C)C3C4C=CC=CC4C4C3C3C=CC=CC3N4C)N(Cc3c(F)c(F)c(F)c(F)c3F)C2C=C1. The molecule has 316 valence electrons. The van der Waals surface area contributed by atoms with Gasteiger partial charge in [0.25, 0.3) is 0 Å². The molecule has 2 saturated heterocycles. The molecular formula is C50H61F5N2OSi. The summed E-state index contributed by atoms with van der Waals surface area (Å²) in [6.07, 6.45) is 39.0. The van der Waals surface area contributed by atoms with Gasteiger partial charge in [0.15, 0.2) is 23.3 Å². The Bertz CT molecular complexity index is 2030. The van der Waals surface area contributed by atoms with E-state index in [0.29, 0.717) is 46.8 Å². The number of unbranched alkanes of at least 4 members (excludes halogenated alkanes) is 3. The third kappa shape index (κ3) is 6.74. The summed E-state index contributed by atoms with van der Waals surface area (Å²) in [4.78, 5) is 4.81. The minimum Gasteiger partial charge on any atom is -0.376 e. The number of rotatable bonds is 11. The van der Waals surface area contributed by atoms with Crippen LogP contribution in [0, 0.1) is 76.4 Å². The molecule has 0 spiro atoms. The van der Waals surface area contributed by atoms with Crippen molar-refractivity contribution in [3.8, 4) is 0 Å². The lowest BCUT2D eigenvalue weighted by molar-refractivity contribution is -0.00471. The summed E-state index contributed by atoms with van der Waals surface area (Å²) in [7, 11) is -0.0866. The molecule has 0 radical (unpaired) electrons. The predicted molar refractivity (Wildman–Crippen MR) is 228 cm³/mol. The molecule has 8 aliphatic rings. The number of ether oxygens (including phenoxy) is 1. The molecule has 0 bridgehead atoms. The molecular weight excluding hydrogens is 768 g/mol. The topological polar surface area (TPSA) is 15.7 Å². The summed E-state index contributed by atoms with van der Waals surface area (Å²) in [5, 5.41) is 0. The number of likely N-dealkylation sites (tertiary alicyclic amines) is 2. The summed E-state index contributed by atoms with van der Waals surface area (Å²) in [5.74, 6) is -7.09. The van der Waals surface area contributed by atoms with Crippen LogP contribution in [0.5, 0.6) is 0 Å². The van der Waals surface area contributed by atoms with Crippen LogP contribution in [-0.4, -0.2) is 61.3 Å². The zero-order valence-electron chi connectivity index (χ0n) is 35.4. The van der Waals surface area contributed by atoms with Gasteiger partial charge >= 0.3 is 0 Å². The zero-order valence-corrected chi connectivity index (χ0v) is 36.4. The maximum absolute atomic E-state index is 15.6. The van der Waals surface area contributed by atoms with Gasteiger partial charge in [0.05, 0.1) is 13.7 Å². The first-order chi connectivity index (χ1) is 28.2. The molecule has 0 aromatic heterocycles. The van der Waals surface area contributed by atoms with E-state index in [9.17, 15) is 13.2 Å². The van der Waals surface area contributed by atoms with Gasteiger partial charge in [-0.3, -0.25) is 9.80 Å². The highest BCUT2D eigenvalue weighted by Gasteiger charge is 2.70. The van der Waals surface area contributed by atoms with E-state index in [2.05, 4.69) is 142 Å². The normalized spacial score (nSPS) is 38.6. The number of hydrogen-bond donors (Lipinski definition) is 0. The maximum atomic E-state index is 15.6. The van der Waals surface area contributed by atoms with E-state index in [4.69, 9.17) is 4.74 Å². The van der Waals surface area contributed by atoms with Crippen LogP contribution < -0.4 is 0 Å². The van der Waals surface area contributed by atoms with Gasteiger partial charge in [-0.15, -0.1) is 0 Å². The number of likely N-dealkylation sites (N-methyl/N-ethyl adjacent to an activating group) is 1. The molecule has 15 atom stereocenters. The van der Waals surface area contributed by atoms with E-state index in [1.165, 1.54) is 6.04 Å². The highest BCUT2D eigenvalue weighted by atomic mass is 28.3. The average molecular weight is 829 g/mol. The molecule has 4 fully saturated rings. The second-order valence-electron chi connectivity index (χ2n) is 20.2. The van der Waals surface area contributed by atoms with Crippen molar-refractivity contribution >= 4 is 8.07 Å². The second-order valence-corrected chi connectivity index (χ2v) is 25.1. The van der Waals surface area contributed by atoms with Crippen LogP contribution in [0.25, 0.3) is 0 Å². The van der Waals surface area contributed by atoms with E-state index in [1.54, 1.807) is 0 Å². The van der Waals surface area contributed by atoms with Gasteiger partial charge in [0.1, 0.15) is 0 Å². The average Bonchev–Trinajstić information content (AvgIpc) is 3.93. The van der Waals surface area contributed by atoms with E-state index in [0.717, 1.165) is 37.9 Å². The van der Waals surface area contributed by atoms with Gasteiger partial charge in [-0.25, -0.2) is 22.0 Å². The lowest BCUT2D eigenvalue weighted by atomic mass is 9.82. The third-order valence-corrected chi connectivity index (χ3v) is 22.2. The van der Waals surface area contributed by atoms with E-state index >= 15 is 8.78 Å². The largest absolute Gasteiger partial charge is 0.376 e. The van der Waals surface area contributed by atoms with Crippen LogP contribution in [0.15, 0.2) is 96.7 Å². The third-order valence-electron chi connectivity index (χ3n) is 16.1. The lowest BCUT2D eigenvalue weighted by Gasteiger charge is -2.50. The Morgan fingerprint density at radius 1 is 0.610 bits per heavy atom. The molecule has 0 amide bonds. The van der Waals surface area contributed by atoms with Crippen molar-refractivity contribution in [2.24, 2.45) is 47.3 Å². The Morgan fingerprint density at radius 3 is 1.76 bits per heavy atom. The van der Waals surface area contributed by atoms with Crippen LogP contribution in [0.2, 0.25) is 23.7 Å². The van der Waals surface area contributed by atoms with Crippen molar-refractivity contribution in [3.63, 3.8) is 0 Å². The van der Waals surface area contributed by atoms with Crippen LogP contribution in [0.4, 0.5) is 22.0 Å². The van der Waals surface area contributed by atoms with Crippen LogP contribution in [-0.2, 0) is 11.3 Å². The summed E-state index contributed by atoms with van der Waals surface area (Å²) in [5.41, 5.74) is 1.10. The second kappa shape index (κ2) is 15.7. The van der Waals surface area contributed by atoms with Gasteiger partial charge < -0.3 is 4.74 Å². The summed E-state index contributed by atoms with van der Waals surface area (Å²) in [6.45, 7) is 11.6. The summed E-state index contributed by atoms with van der Waals surface area (Å²) < 4.78 is 81.3. The van der Waals surface area contributed by atoms with Crippen molar-refractivity contribution in [3.05, 3.63) is 131 Å². The Morgan fingerprint density at radius 2 is 1.14 bits per heavy atom. The molecule has 0 N–H and O–H groups in total. The first-order valence-corrected chi connectivity index (χ1v) is 25.1. The van der Waals surface area contributed by atoms with Crippen LogP contribution in [0.1, 0.15) is 58.9 Å². The predicted octanol–water partition coefficient (Wildman–Crippen LogP) is 11.7. The summed E-state index contributed by atoms with van der Waals surface area (Å²) in [6, 6.07) is 1.62. The standard InChI is InChI=1S/C50H61F5N2OSi/c1-29-23-24-38-35(27-29)40-47(57(38)28-36-41(51)43(53)45(55)44(54)42(36)52)31-18-10-12-20-33(31)49(40)59(6,26-16-8-7-15-25-58-50(2,3)4)48-32-19-11-9-17-30(32)46-39(48)34-21-13-14-22-37(34)56(46)5/h9-14,17-24,27,30-35,37-40,46-49H,7-8,15-16,25-26,28H2,1-6H3. The molecule has 3 nitrogen and oxygen atoms in total. The number of fused-ring (bicyclic) bond motifs is 10. The summed E-state index contributed by atoms with van der Waals surface area (Å²) >= 11 is 0. The number of halogens is 5. The molecule has 9 heteroatoms. The van der Waals surface area contributed by atoms with Gasteiger partial charge in [-0.05, 0) is 87.8 Å². The van der Waals surface area contributed by atoms with E-state index in [-0.39, 0.29) is 47.9 Å². The molecule has 2 heterocycles. The number of benzene rings is 1. The van der Waals surface area contributed by atoms with Crippen molar-refractivity contribution in [1.29, 1.82) is 0 Å². The fraction of sp³-hybridized carbons (Fsp3) is 0.560. The molecule has 6 aliphatic carbocycles. The molecule has 59 heavy (non-hydrogen) atoms. The molecule has 2 aliphatic heterocycles. The van der Waals surface area contributed by atoms with Crippen LogP contribution in [0.3, 0.4) is 0 Å². The van der Waals surface area contributed by atoms with Crippen molar-refractivity contribution in [1.82, 2.24) is 9.80 Å². The minimum atomic E-state index is -2.43. The van der Waals surface area contributed by atoms with E-state index in [1.807, 2.05) is 0 Å². The highest BCUT2D eigenvalue weighted by molar-refractivity contribution is 6.82.